The third-order valence-corrected chi connectivity index (χ3v) is 5.41. The number of hydrogen-bond donors (Lipinski definition) is 1. The highest BCUT2D eigenvalue weighted by atomic mass is 79.9. The number of nitrogens with one attached hydrogen (secondary N) is 1. The second-order valence-electron chi connectivity index (χ2n) is 8.17. The van der Waals surface area contributed by atoms with Crippen molar-refractivity contribution in [3.05, 3.63) is 87.1 Å². The van der Waals surface area contributed by atoms with Crippen molar-refractivity contribution in [1.82, 2.24) is 9.99 Å². The van der Waals surface area contributed by atoms with Crippen LogP contribution in [0.15, 0.2) is 64.2 Å². The summed E-state index contributed by atoms with van der Waals surface area (Å²) in [5.74, 6) is -0.242. The number of carbonyl (C=O) groups is 1. The zero-order chi connectivity index (χ0) is 21.2. The molecule has 1 amide bonds. The Labute approximate surface area is 180 Å². The summed E-state index contributed by atoms with van der Waals surface area (Å²) >= 11 is 3.37. The summed E-state index contributed by atoms with van der Waals surface area (Å²) in [6.07, 6.45) is 1.69. The maximum Gasteiger partial charge on any atom is 0.271 e. The molecule has 0 bridgehead atoms. The van der Waals surface area contributed by atoms with E-state index in [1.54, 1.807) is 18.3 Å². The van der Waals surface area contributed by atoms with E-state index in [2.05, 4.69) is 96.0 Å². The van der Waals surface area contributed by atoms with Gasteiger partial charge in [0.25, 0.3) is 5.91 Å². The SMILES string of the molecule is Cc1cc(/C=N\NC(=O)c2cccc(Br)c2)c(C)n1-c1ccc(C(C)(C)C)cc1. The van der Waals surface area contributed by atoms with Crippen molar-refractivity contribution >= 4 is 28.1 Å². The summed E-state index contributed by atoms with van der Waals surface area (Å²) in [6, 6.07) is 17.9. The number of rotatable bonds is 4. The molecule has 3 aromatic rings. The molecule has 0 aliphatic rings. The molecule has 0 saturated heterocycles. The second-order valence-corrected chi connectivity index (χ2v) is 9.08. The summed E-state index contributed by atoms with van der Waals surface area (Å²) in [5, 5.41) is 4.15. The predicted octanol–water partition coefficient (Wildman–Crippen LogP) is 5.92. The smallest absolute Gasteiger partial charge is 0.271 e. The largest absolute Gasteiger partial charge is 0.318 e. The van der Waals surface area contributed by atoms with Crippen LogP contribution in [0.2, 0.25) is 0 Å². The Morgan fingerprint density at radius 1 is 1.07 bits per heavy atom. The van der Waals surface area contributed by atoms with E-state index in [1.165, 1.54) is 5.56 Å². The fourth-order valence-corrected chi connectivity index (χ4v) is 3.68. The quantitative estimate of drug-likeness (QED) is 0.388. The Morgan fingerprint density at radius 3 is 2.38 bits per heavy atom. The van der Waals surface area contributed by atoms with Gasteiger partial charge in [0.15, 0.2) is 0 Å². The molecule has 0 spiro atoms. The van der Waals surface area contributed by atoms with Crippen molar-refractivity contribution in [1.29, 1.82) is 0 Å². The van der Waals surface area contributed by atoms with Gasteiger partial charge in [0.2, 0.25) is 0 Å². The molecule has 0 aliphatic carbocycles. The molecule has 0 unspecified atom stereocenters. The van der Waals surface area contributed by atoms with Crippen LogP contribution in [0.4, 0.5) is 0 Å². The summed E-state index contributed by atoms with van der Waals surface area (Å²) in [5.41, 5.74) is 8.86. The van der Waals surface area contributed by atoms with E-state index in [1.807, 2.05) is 12.1 Å². The number of carbonyl (C=O) groups excluding carboxylic acids is 1. The van der Waals surface area contributed by atoms with Crippen LogP contribution in [-0.2, 0) is 5.41 Å². The van der Waals surface area contributed by atoms with Crippen LogP contribution in [-0.4, -0.2) is 16.7 Å². The van der Waals surface area contributed by atoms with E-state index in [9.17, 15) is 4.79 Å². The molecule has 0 atom stereocenters. The van der Waals surface area contributed by atoms with Crippen LogP contribution in [0.3, 0.4) is 0 Å². The Morgan fingerprint density at radius 2 is 1.76 bits per heavy atom. The van der Waals surface area contributed by atoms with Crippen molar-refractivity contribution in [3.8, 4) is 5.69 Å². The second kappa shape index (κ2) is 8.37. The van der Waals surface area contributed by atoms with Crippen LogP contribution >= 0.6 is 15.9 Å². The molecule has 1 heterocycles. The number of aryl methyl sites for hydroxylation is 1. The fourth-order valence-electron chi connectivity index (χ4n) is 3.28. The fraction of sp³-hybridized carbons (Fsp3) is 0.250. The van der Waals surface area contributed by atoms with E-state index in [0.29, 0.717) is 5.56 Å². The lowest BCUT2D eigenvalue weighted by atomic mass is 9.87. The normalized spacial score (nSPS) is 11.8. The average molecular weight is 452 g/mol. The van der Waals surface area contributed by atoms with Crippen molar-refractivity contribution in [2.75, 3.05) is 0 Å². The molecule has 3 rings (SSSR count). The van der Waals surface area contributed by atoms with E-state index in [4.69, 9.17) is 0 Å². The molecular formula is C24H26BrN3O. The minimum Gasteiger partial charge on any atom is -0.318 e. The summed E-state index contributed by atoms with van der Waals surface area (Å²) < 4.78 is 3.05. The van der Waals surface area contributed by atoms with Crippen LogP contribution in [0.5, 0.6) is 0 Å². The zero-order valence-corrected chi connectivity index (χ0v) is 19.0. The molecule has 0 fully saturated rings. The third-order valence-electron chi connectivity index (χ3n) is 4.92. The molecule has 29 heavy (non-hydrogen) atoms. The highest BCUT2D eigenvalue weighted by molar-refractivity contribution is 9.10. The number of aromatic nitrogens is 1. The van der Waals surface area contributed by atoms with Gasteiger partial charge in [0.1, 0.15) is 0 Å². The summed E-state index contributed by atoms with van der Waals surface area (Å²) in [4.78, 5) is 12.2. The van der Waals surface area contributed by atoms with Crippen LogP contribution in [0.25, 0.3) is 5.69 Å². The van der Waals surface area contributed by atoms with E-state index < -0.39 is 0 Å². The van der Waals surface area contributed by atoms with Gasteiger partial charge in [0, 0.05) is 32.7 Å². The molecule has 0 aliphatic heterocycles. The van der Waals surface area contributed by atoms with Crippen LogP contribution < -0.4 is 5.43 Å². The maximum absolute atomic E-state index is 12.2. The maximum atomic E-state index is 12.2. The van der Waals surface area contributed by atoms with E-state index in [0.717, 1.165) is 27.1 Å². The van der Waals surface area contributed by atoms with E-state index >= 15 is 0 Å². The van der Waals surface area contributed by atoms with Gasteiger partial charge in [-0.05, 0) is 61.2 Å². The van der Waals surface area contributed by atoms with Gasteiger partial charge < -0.3 is 4.57 Å². The minimum absolute atomic E-state index is 0.129. The lowest BCUT2D eigenvalue weighted by Gasteiger charge is -2.20. The highest BCUT2D eigenvalue weighted by Gasteiger charge is 2.14. The van der Waals surface area contributed by atoms with Crippen molar-refractivity contribution in [3.63, 3.8) is 0 Å². The Balaban J connectivity index is 1.79. The van der Waals surface area contributed by atoms with Gasteiger partial charge in [-0.3, -0.25) is 4.79 Å². The number of hydrazone groups is 1. The van der Waals surface area contributed by atoms with E-state index in [-0.39, 0.29) is 11.3 Å². The third kappa shape index (κ3) is 4.85. The van der Waals surface area contributed by atoms with Gasteiger partial charge in [0.05, 0.1) is 6.21 Å². The molecule has 4 nitrogen and oxygen atoms in total. The molecule has 1 aromatic heterocycles. The van der Waals surface area contributed by atoms with Gasteiger partial charge in [-0.2, -0.15) is 5.10 Å². The molecular weight excluding hydrogens is 426 g/mol. The van der Waals surface area contributed by atoms with Crippen molar-refractivity contribution < 1.29 is 4.79 Å². The number of benzene rings is 2. The van der Waals surface area contributed by atoms with Crippen molar-refractivity contribution in [2.45, 2.75) is 40.0 Å². The Kier molecular flexibility index (Phi) is 6.08. The molecule has 2 aromatic carbocycles. The molecule has 0 radical (unpaired) electrons. The Bertz CT molecular complexity index is 1060. The first-order valence-electron chi connectivity index (χ1n) is 9.55. The minimum atomic E-state index is -0.242. The molecule has 5 heteroatoms. The Hall–Kier alpha value is -2.66. The van der Waals surface area contributed by atoms with Crippen LogP contribution in [0.1, 0.15) is 53.6 Å². The summed E-state index contributed by atoms with van der Waals surface area (Å²) in [6.45, 7) is 10.8. The van der Waals surface area contributed by atoms with Gasteiger partial charge >= 0.3 is 0 Å². The first kappa shape index (κ1) is 21.1. The number of amides is 1. The first-order valence-corrected chi connectivity index (χ1v) is 10.3. The zero-order valence-electron chi connectivity index (χ0n) is 17.5. The number of halogens is 1. The monoisotopic (exact) mass is 451 g/mol. The lowest BCUT2D eigenvalue weighted by Crippen LogP contribution is -2.17. The average Bonchev–Trinajstić information content (AvgIpc) is 2.94. The van der Waals surface area contributed by atoms with Crippen molar-refractivity contribution in [2.24, 2.45) is 5.10 Å². The topological polar surface area (TPSA) is 46.4 Å². The van der Waals surface area contributed by atoms with Gasteiger partial charge in [-0.25, -0.2) is 5.43 Å². The number of nitrogens with zero attached hydrogens (tertiary/aromatic N) is 2. The predicted molar refractivity (Wildman–Crippen MR) is 123 cm³/mol. The van der Waals surface area contributed by atoms with Crippen LogP contribution in [0, 0.1) is 13.8 Å². The standard InChI is InChI=1S/C24H26BrN3O/c1-16-13-19(15-26-27-23(29)18-7-6-8-21(25)14-18)17(2)28(16)22-11-9-20(10-12-22)24(3,4)5/h6-15H,1-5H3,(H,27,29)/b26-15-. The first-order chi connectivity index (χ1) is 13.7. The summed E-state index contributed by atoms with van der Waals surface area (Å²) in [7, 11) is 0. The molecule has 150 valence electrons. The lowest BCUT2D eigenvalue weighted by molar-refractivity contribution is 0.0955. The number of hydrogen-bond acceptors (Lipinski definition) is 2. The highest BCUT2D eigenvalue weighted by Crippen LogP contribution is 2.25. The van der Waals surface area contributed by atoms with Gasteiger partial charge in [-0.1, -0.05) is 54.9 Å². The molecule has 1 N–H and O–H groups in total. The molecule has 0 saturated carbocycles. The van der Waals surface area contributed by atoms with Gasteiger partial charge in [-0.15, -0.1) is 0 Å².